The summed E-state index contributed by atoms with van der Waals surface area (Å²) in [4.78, 5) is 26.3. The van der Waals surface area contributed by atoms with E-state index in [0.717, 1.165) is 17.6 Å². The molecule has 1 unspecified atom stereocenters. The van der Waals surface area contributed by atoms with Crippen molar-refractivity contribution < 1.29 is 24.5 Å². The Balaban J connectivity index is 1.80. The Morgan fingerprint density at radius 3 is 2.91 bits per heavy atom. The number of aliphatic imine (C=N–C) groups is 1. The first kappa shape index (κ1) is 15.8. The molecule has 1 atom stereocenters. The molecule has 0 bridgehead atoms. The molecule has 23 heavy (non-hydrogen) atoms. The maximum Gasteiger partial charge on any atom is 0.351 e. The van der Waals surface area contributed by atoms with Crippen LogP contribution in [0.25, 0.3) is 0 Å². The van der Waals surface area contributed by atoms with Crippen molar-refractivity contribution in [3.63, 3.8) is 0 Å². The van der Waals surface area contributed by atoms with Gasteiger partial charge in [0.1, 0.15) is 5.71 Å². The normalized spacial score (nSPS) is 21.0. The van der Waals surface area contributed by atoms with E-state index in [-0.39, 0.29) is 17.0 Å². The molecule has 2 N–H and O–H groups in total. The Morgan fingerprint density at radius 2 is 2.22 bits per heavy atom. The van der Waals surface area contributed by atoms with Crippen LogP contribution in [-0.2, 0) is 33.9 Å². The van der Waals surface area contributed by atoms with Gasteiger partial charge in [0.2, 0.25) is 0 Å². The zero-order chi connectivity index (χ0) is 16.4. The first-order valence-corrected chi connectivity index (χ1v) is 8.07. The highest BCUT2D eigenvalue weighted by Gasteiger charge is 2.27. The topological polar surface area (TPSA) is 114 Å². The fraction of sp³-hybridized carbons (Fsp3) is 0.429. The molecular formula is C14H15N3O5S. The lowest BCUT2D eigenvalue weighted by Gasteiger charge is -2.14. The molecule has 9 heteroatoms. The summed E-state index contributed by atoms with van der Waals surface area (Å²) in [5.74, 6) is -2.07. The van der Waals surface area contributed by atoms with Crippen LogP contribution in [0.3, 0.4) is 0 Å². The van der Waals surface area contributed by atoms with Crippen LogP contribution in [-0.4, -0.2) is 55.3 Å². The van der Waals surface area contributed by atoms with Crippen LogP contribution in [0, 0.1) is 0 Å². The molecule has 0 fully saturated rings. The third-order valence-corrected chi connectivity index (χ3v) is 4.89. The van der Waals surface area contributed by atoms with E-state index in [2.05, 4.69) is 10.1 Å². The number of carboxylic acids is 2. The molecule has 0 aromatic carbocycles. The molecule has 3 heterocycles. The van der Waals surface area contributed by atoms with Crippen molar-refractivity contribution in [3.8, 4) is 0 Å². The Kier molecular flexibility index (Phi) is 4.49. The fourth-order valence-electron chi connectivity index (χ4n) is 2.46. The van der Waals surface area contributed by atoms with Crippen LogP contribution in [0.1, 0.15) is 11.4 Å². The van der Waals surface area contributed by atoms with E-state index in [4.69, 9.17) is 9.84 Å². The minimum Gasteiger partial charge on any atom is -0.478 e. The molecule has 0 radical (unpaired) electrons. The first-order valence-electron chi connectivity index (χ1n) is 7.03. The number of aromatic nitrogens is 2. The van der Waals surface area contributed by atoms with Gasteiger partial charge < -0.3 is 14.9 Å². The lowest BCUT2D eigenvalue weighted by atomic mass is 10.1. The molecule has 122 valence electrons. The summed E-state index contributed by atoms with van der Waals surface area (Å²) in [6.45, 7) is 1.79. The predicted octanol–water partition coefficient (Wildman–Crippen LogP) is 0.565. The van der Waals surface area contributed by atoms with Gasteiger partial charge in [0.15, 0.2) is 0 Å². The lowest BCUT2D eigenvalue weighted by Crippen LogP contribution is -2.20. The Labute approximate surface area is 135 Å². The van der Waals surface area contributed by atoms with Gasteiger partial charge in [0, 0.05) is 23.6 Å². The second-order valence-electron chi connectivity index (χ2n) is 5.18. The number of carbonyl (C=O) groups is 2. The van der Waals surface area contributed by atoms with Crippen LogP contribution in [0.5, 0.6) is 0 Å². The summed E-state index contributed by atoms with van der Waals surface area (Å²) in [7, 11) is 0. The molecule has 1 aromatic rings. The molecule has 0 spiro atoms. The molecule has 8 nitrogen and oxygen atoms in total. The average Bonchev–Trinajstić information content (AvgIpc) is 2.78. The summed E-state index contributed by atoms with van der Waals surface area (Å²) in [5.41, 5.74) is 1.78. The number of nitrogens with zero attached hydrogens (tertiary/aromatic N) is 3. The fourth-order valence-corrected chi connectivity index (χ4v) is 3.65. The highest BCUT2D eigenvalue weighted by atomic mass is 32.2. The summed E-state index contributed by atoms with van der Waals surface area (Å²) in [6.07, 6.45) is 1.56. The third kappa shape index (κ3) is 3.45. The number of fused-ring (bicyclic) bond motifs is 1. The van der Waals surface area contributed by atoms with Crippen LogP contribution < -0.4 is 0 Å². The summed E-state index contributed by atoms with van der Waals surface area (Å²) >= 11 is 1.26. The van der Waals surface area contributed by atoms with Crippen LogP contribution in [0.15, 0.2) is 22.8 Å². The van der Waals surface area contributed by atoms with Crippen molar-refractivity contribution in [3.05, 3.63) is 29.2 Å². The van der Waals surface area contributed by atoms with E-state index in [9.17, 15) is 14.7 Å². The second kappa shape index (κ2) is 6.55. The Morgan fingerprint density at radius 1 is 1.39 bits per heavy atom. The minimum atomic E-state index is -1.13. The van der Waals surface area contributed by atoms with Gasteiger partial charge in [-0.15, -0.1) is 11.8 Å². The SMILES string of the molecule is O=C(O)C1=CN=C(C(=O)O)CSC1Cc1cc2n(n1)CCOC2. The van der Waals surface area contributed by atoms with Crippen LogP contribution in [0.2, 0.25) is 0 Å². The largest absolute Gasteiger partial charge is 0.478 e. The molecule has 0 aliphatic carbocycles. The number of carboxylic acid groups (broad SMARTS) is 2. The monoisotopic (exact) mass is 337 g/mol. The molecule has 2 aliphatic rings. The summed E-state index contributed by atoms with van der Waals surface area (Å²) in [6, 6.07) is 1.91. The summed E-state index contributed by atoms with van der Waals surface area (Å²) < 4.78 is 7.23. The van der Waals surface area contributed by atoms with Crippen molar-refractivity contribution in [1.29, 1.82) is 0 Å². The number of aliphatic carboxylic acids is 2. The maximum absolute atomic E-state index is 11.4. The van der Waals surface area contributed by atoms with Crippen molar-refractivity contribution in [1.82, 2.24) is 9.78 Å². The van der Waals surface area contributed by atoms with E-state index in [1.165, 1.54) is 11.8 Å². The minimum absolute atomic E-state index is 0.0474. The quantitative estimate of drug-likeness (QED) is 0.825. The van der Waals surface area contributed by atoms with E-state index < -0.39 is 17.2 Å². The first-order chi connectivity index (χ1) is 11.0. The van der Waals surface area contributed by atoms with E-state index in [1.54, 1.807) is 0 Å². The molecule has 1 aromatic heterocycles. The van der Waals surface area contributed by atoms with Gasteiger partial charge in [0.25, 0.3) is 0 Å². The molecule has 3 rings (SSSR count). The van der Waals surface area contributed by atoms with Gasteiger partial charge >= 0.3 is 11.9 Å². The van der Waals surface area contributed by atoms with E-state index in [0.29, 0.717) is 26.2 Å². The smallest absolute Gasteiger partial charge is 0.351 e. The van der Waals surface area contributed by atoms with Crippen LogP contribution >= 0.6 is 11.8 Å². The maximum atomic E-state index is 11.4. The standard InChI is InChI=1S/C14H15N3O5S/c18-13(19)10-5-15-11(14(20)21)7-23-12(10)4-8-3-9-6-22-2-1-17(9)16-8/h3,5,12H,1-2,4,6-7H2,(H,18,19)(H,20,21). The van der Waals surface area contributed by atoms with Gasteiger partial charge in [0.05, 0.1) is 36.7 Å². The van der Waals surface area contributed by atoms with Gasteiger partial charge in [-0.05, 0) is 6.07 Å². The van der Waals surface area contributed by atoms with Gasteiger partial charge in [-0.3, -0.25) is 9.67 Å². The predicted molar refractivity (Wildman–Crippen MR) is 82.6 cm³/mol. The van der Waals surface area contributed by atoms with Crippen molar-refractivity contribution in [2.24, 2.45) is 4.99 Å². The molecule has 0 amide bonds. The highest BCUT2D eigenvalue weighted by molar-refractivity contribution is 8.00. The van der Waals surface area contributed by atoms with Crippen molar-refractivity contribution in [2.45, 2.75) is 24.8 Å². The molecule has 0 saturated heterocycles. The van der Waals surface area contributed by atoms with Gasteiger partial charge in [-0.1, -0.05) is 0 Å². The lowest BCUT2D eigenvalue weighted by molar-refractivity contribution is -0.133. The second-order valence-corrected chi connectivity index (χ2v) is 6.37. The van der Waals surface area contributed by atoms with Crippen LogP contribution in [0.4, 0.5) is 0 Å². The van der Waals surface area contributed by atoms with Crippen molar-refractivity contribution >= 4 is 29.4 Å². The number of rotatable bonds is 4. The highest BCUT2D eigenvalue weighted by Crippen LogP contribution is 2.27. The molecule has 0 saturated carbocycles. The molecule has 2 aliphatic heterocycles. The average molecular weight is 337 g/mol. The van der Waals surface area contributed by atoms with Gasteiger partial charge in [-0.25, -0.2) is 9.59 Å². The number of hydrogen-bond acceptors (Lipinski definition) is 6. The van der Waals surface area contributed by atoms with Gasteiger partial charge in [-0.2, -0.15) is 5.10 Å². The van der Waals surface area contributed by atoms with Crippen molar-refractivity contribution in [2.75, 3.05) is 12.4 Å². The number of ether oxygens (including phenoxy) is 1. The summed E-state index contributed by atoms with van der Waals surface area (Å²) in [5, 5.41) is 22.5. The molecular weight excluding hydrogens is 322 g/mol. The Bertz CT molecular complexity index is 686. The van der Waals surface area contributed by atoms with E-state index >= 15 is 0 Å². The third-order valence-electron chi connectivity index (χ3n) is 3.63. The van der Waals surface area contributed by atoms with E-state index in [1.807, 2.05) is 10.7 Å². The number of thioether (sulfide) groups is 1. The zero-order valence-electron chi connectivity index (χ0n) is 12.1. The Hall–Kier alpha value is -2.13. The zero-order valence-corrected chi connectivity index (χ0v) is 13.0. The number of hydrogen-bond donors (Lipinski definition) is 2.